The van der Waals surface area contributed by atoms with Crippen LogP contribution in [0.2, 0.25) is 0 Å². The summed E-state index contributed by atoms with van der Waals surface area (Å²) in [5, 5.41) is 13.3. The molecule has 0 unspecified atom stereocenters. The van der Waals surface area contributed by atoms with Crippen molar-refractivity contribution in [2.24, 2.45) is 5.10 Å². The number of hydrogen-bond acceptors (Lipinski definition) is 7. The first kappa shape index (κ1) is 21.0. The lowest BCUT2D eigenvalue weighted by Crippen LogP contribution is -2.16. The van der Waals surface area contributed by atoms with Gasteiger partial charge < -0.3 is 14.2 Å². The van der Waals surface area contributed by atoms with Gasteiger partial charge >= 0.3 is 13.2 Å². The van der Waals surface area contributed by atoms with Crippen LogP contribution in [0, 0.1) is 0 Å². The second kappa shape index (κ2) is 8.84. The average Bonchev–Trinajstić information content (AvgIpc) is 3.16. The molecule has 0 fully saturated rings. The van der Waals surface area contributed by atoms with Gasteiger partial charge in [-0.1, -0.05) is 23.9 Å². The Kier molecular flexibility index (Phi) is 5.98. The van der Waals surface area contributed by atoms with Crippen LogP contribution < -0.4 is 14.2 Å². The zero-order valence-electron chi connectivity index (χ0n) is 15.8. The number of thioether (sulfide) groups is 1. The fourth-order valence-corrected chi connectivity index (χ4v) is 3.79. The van der Waals surface area contributed by atoms with Crippen LogP contribution in [0.25, 0.3) is 11.4 Å². The lowest BCUT2D eigenvalue weighted by molar-refractivity contribution is -0.0543. The molecule has 0 spiro atoms. The Morgan fingerprint density at radius 1 is 0.935 bits per heavy atom. The first-order valence-electron chi connectivity index (χ1n) is 8.79. The van der Waals surface area contributed by atoms with Crippen LogP contribution in [0.1, 0.15) is 5.56 Å². The van der Waals surface area contributed by atoms with Crippen LogP contribution in [0.4, 0.5) is 17.6 Å². The molecule has 1 aromatic heterocycles. The summed E-state index contributed by atoms with van der Waals surface area (Å²) in [7, 11) is 1.52. The number of rotatable bonds is 7. The van der Waals surface area contributed by atoms with Crippen molar-refractivity contribution >= 4 is 17.5 Å². The largest absolute Gasteiger partial charge is 0.496 e. The first-order valence-corrected chi connectivity index (χ1v) is 9.78. The highest BCUT2D eigenvalue weighted by molar-refractivity contribution is 7.99. The molecule has 0 radical (unpaired) electrons. The minimum atomic E-state index is -3.16. The number of hydrogen-bond donors (Lipinski definition) is 0. The van der Waals surface area contributed by atoms with Crippen LogP contribution in [0.3, 0.4) is 0 Å². The Bertz CT molecular complexity index is 1120. The third kappa shape index (κ3) is 4.43. The third-order valence-electron chi connectivity index (χ3n) is 4.22. The van der Waals surface area contributed by atoms with E-state index in [1.54, 1.807) is 24.3 Å². The SMILES string of the molecule is COc1ccccc1-c1nnc2n1N=C(c1ccc(OC(F)F)cc1OC(F)F)CS2. The van der Waals surface area contributed by atoms with Crippen molar-refractivity contribution in [2.75, 3.05) is 12.9 Å². The Balaban J connectivity index is 1.77. The molecule has 0 bridgehead atoms. The number of para-hydroxylation sites is 1. The molecule has 7 nitrogen and oxygen atoms in total. The Labute approximate surface area is 177 Å². The van der Waals surface area contributed by atoms with Crippen LogP contribution in [0.15, 0.2) is 52.7 Å². The molecule has 2 heterocycles. The van der Waals surface area contributed by atoms with Gasteiger partial charge in [-0.15, -0.1) is 10.2 Å². The number of aromatic nitrogens is 3. The fraction of sp³-hybridized carbons (Fsp3) is 0.211. The van der Waals surface area contributed by atoms with Gasteiger partial charge in [-0.3, -0.25) is 0 Å². The number of fused-ring (bicyclic) bond motifs is 1. The lowest BCUT2D eigenvalue weighted by atomic mass is 10.1. The van der Waals surface area contributed by atoms with E-state index in [0.29, 0.717) is 28.0 Å². The minimum Gasteiger partial charge on any atom is -0.496 e. The minimum absolute atomic E-state index is 0.208. The van der Waals surface area contributed by atoms with Crippen molar-refractivity contribution in [2.45, 2.75) is 18.4 Å². The number of ether oxygens (including phenoxy) is 3. The van der Waals surface area contributed by atoms with Gasteiger partial charge in [0, 0.05) is 17.4 Å². The molecule has 1 aliphatic rings. The summed E-state index contributed by atoms with van der Waals surface area (Å²) in [5.74, 6) is 0.589. The fourth-order valence-electron chi connectivity index (χ4n) is 2.97. The van der Waals surface area contributed by atoms with Gasteiger partial charge in [-0.25, -0.2) is 0 Å². The molecule has 31 heavy (non-hydrogen) atoms. The molecular formula is C19H14F4N4O3S. The predicted octanol–water partition coefficient (Wildman–Crippen LogP) is 4.51. The van der Waals surface area contributed by atoms with Crippen molar-refractivity contribution in [3.05, 3.63) is 48.0 Å². The van der Waals surface area contributed by atoms with Gasteiger partial charge in [-0.2, -0.15) is 27.3 Å². The van der Waals surface area contributed by atoms with Crippen molar-refractivity contribution in [3.63, 3.8) is 0 Å². The lowest BCUT2D eigenvalue weighted by Gasteiger charge is -2.18. The summed E-state index contributed by atoms with van der Waals surface area (Å²) in [6, 6.07) is 10.7. The second-order valence-corrected chi connectivity index (χ2v) is 7.01. The van der Waals surface area contributed by atoms with Gasteiger partial charge in [0.1, 0.15) is 17.2 Å². The number of nitrogens with zero attached hydrogens (tertiary/aromatic N) is 4. The molecule has 1 aliphatic heterocycles. The summed E-state index contributed by atoms with van der Waals surface area (Å²) in [6.07, 6.45) is 0. The molecule has 4 rings (SSSR count). The van der Waals surface area contributed by atoms with E-state index in [1.165, 1.54) is 35.7 Å². The van der Waals surface area contributed by atoms with Gasteiger partial charge in [0.2, 0.25) is 5.16 Å². The molecule has 0 atom stereocenters. The summed E-state index contributed by atoms with van der Waals surface area (Å²) < 4.78 is 66.5. The van der Waals surface area contributed by atoms with Gasteiger partial charge in [0.05, 0.1) is 18.4 Å². The topological polar surface area (TPSA) is 70.8 Å². The van der Waals surface area contributed by atoms with Crippen LogP contribution in [-0.4, -0.2) is 46.7 Å². The molecule has 162 valence electrons. The van der Waals surface area contributed by atoms with E-state index in [9.17, 15) is 17.6 Å². The van der Waals surface area contributed by atoms with Crippen LogP contribution in [-0.2, 0) is 0 Å². The first-order chi connectivity index (χ1) is 15.0. The highest BCUT2D eigenvalue weighted by Crippen LogP contribution is 2.35. The molecule has 0 N–H and O–H groups in total. The molecule has 0 saturated carbocycles. The van der Waals surface area contributed by atoms with Gasteiger partial charge in [0.15, 0.2) is 5.82 Å². The zero-order valence-corrected chi connectivity index (χ0v) is 16.7. The molecule has 0 aliphatic carbocycles. The van der Waals surface area contributed by atoms with E-state index in [0.717, 1.165) is 6.07 Å². The Morgan fingerprint density at radius 3 is 2.45 bits per heavy atom. The van der Waals surface area contributed by atoms with Crippen LogP contribution in [0.5, 0.6) is 17.2 Å². The van der Waals surface area contributed by atoms with E-state index in [1.807, 2.05) is 0 Å². The maximum absolute atomic E-state index is 12.9. The normalized spacial score (nSPS) is 13.2. The standard InChI is InChI=1S/C19H14F4N4O3S/c1-28-14-5-3-2-4-12(14)16-24-25-19-27(16)26-13(9-31-19)11-7-6-10(29-17(20)21)8-15(11)30-18(22)23/h2-8,17-18H,9H2,1H3. The van der Waals surface area contributed by atoms with Gasteiger partial charge in [0.25, 0.3) is 0 Å². The predicted molar refractivity (Wildman–Crippen MR) is 104 cm³/mol. The Hall–Kier alpha value is -3.28. The monoisotopic (exact) mass is 454 g/mol. The van der Waals surface area contributed by atoms with Gasteiger partial charge in [-0.05, 0) is 24.3 Å². The quantitative estimate of drug-likeness (QED) is 0.489. The van der Waals surface area contributed by atoms with Crippen molar-refractivity contribution in [3.8, 4) is 28.6 Å². The van der Waals surface area contributed by atoms with E-state index in [2.05, 4.69) is 24.8 Å². The molecule has 12 heteroatoms. The smallest absolute Gasteiger partial charge is 0.387 e. The maximum Gasteiger partial charge on any atom is 0.387 e. The summed E-state index contributed by atoms with van der Waals surface area (Å²) in [6.45, 7) is -6.26. The van der Waals surface area contributed by atoms with E-state index in [-0.39, 0.29) is 22.8 Å². The average molecular weight is 454 g/mol. The second-order valence-electron chi connectivity index (χ2n) is 6.07. The van der Waals surface area contributed by atoms with Crippen molar-refractivity contribution in [1.82, 2.24) is 14.9 Å². The summed E-state index contributed by atoms with van der Waals surface area (Å²) in [4.78, 5) is 0. The number of halogens is 4. The van der Waals surface area contributed by atoms with Crippen molar-refractivity contribution in [1.29, 1.82) is 0 Å². The number of methoxy groups -OCH3 is 1. The van der Waals surface area contributed by atoms with E-state index in [4.69, 9.17) is 4.74 Å². The molecule has 2 aromatic carbocycles. The summed E-state index contributed by atoms with van der Waals surface area (Å²) in [5.41, 5.74) is 1.21. The van der Waals surface area contributed by atoms with E-state index < -0.39 is 13.2 Å². The number of benzene rings is 2. The van der Waals surface area contributed by atoms with Crippen LogP contribution >= 0.6 is 11.8 Å². The van der Waals surface area contributed by atoms with Crippen molar-refractivity contribution < 1.29 is 31.8 Å². The van der Waals surface area contributed by atoms with E-state index >= 15 is 0 Å². The molecular weight excluding hydrogens is 440 g/mol. The maximum atomic E-state index is 12.9. The Morgan fingerprint density at radius 2 is 1.71 bits per heavy atom. The molecule has 0 amide bonds. The zero-order chi connectivity index (χ0) is 22.0. The highest BCUT2D eigenvalue weighted by atomic mass is 32.2. The summed E-state index contributed by atoms with van der Waals surface area (Å²) >= 11 is 1.29. The third-order valence-corrected chi connectivity index (χ3v) is 5.15. The number of alkyl halides is 4. The molecule has 3 aromatic rings. The molecule has 0 saturated heterocycles. The highest BCUT2D eigenvalue weighted by Gasteiger charge is 2.25.